The van der Waals surface area contributed by atoms with Crippen LogP contribution in [0.1, 0.15) is 12.8 Å². The van der Waals surface area contributed by atoms with Crippen LogP contribution in [0.2, 0.25) is 0 Å². The quantitative estimate of drug-likeness (QED) is 0.497. The molecule has 0 saturated heterocycles. The van der Waals surface area contributed by atoms with Gasteiger partial charge in [0.1, 0.15) is 0 Å². The Morgan fingerprint density at radius 3 is 2.62 bits per heavy atom. The van der Waals surface area contributed by atoms with Gasteiger partial charge in [0.25, 0.3) is 0 Å². The lowest BCUT2D eigenvalue weighted by molar-refractivity contribution is 0.0896. The standard InChI is InChI=1S/C6H10O2/c1-2-3-4-6(8)5-7/h1,6-8H,3-5H2/t6-/m0/s1. The molecule has 2 nitrogen and oxygen atoms in total. The number of terminal acetylenes is 1. The molecule has 0 aromatic heterocycles. The molecule has 0 aliphatic carbocycles. The first kappa shape index (κ1) is 7.48. The van der Waals surface area contributed by atoms with Gasteiger partial charge in [-0.3, -0.25) is 0 Å². The van der Waals surface area contributed by atoms with E-state index in [0.717, 1.165) is 0 Å². The number of hydrogen-bond acceptors (Lipinski definition) is 2. The Hall–Kier alpha value is -0.520. The Bertz CT molecular complexity index is 83.0. The highest BCUT2D eigenvalue weighted by Gasteiger charge is 1.97. The minimum Gasteiger partial charge on any atom is -0.394 e. The topological polar surface area (TPSA) is 40.5 Å². The molecular formula is C6H10O2. The van der Waals surface area contributed by atoms with Gasteiger partial charge >= 0.3 is 0 Å². The van der Waals surface area contributed by atoms with Gasteiger partial charge in [-0.05, 0) is 6.42 Å². The molecule has 0 heterocycles. The monoisotopic (exact) mass is 114 g/mol. The molecule has 2 N–H and O–H groups in total. The molecule has 0 spiro atoms. The van der Waals surface area contributed by atoms with E-state index in [9.17, 15) is 0 Å². The number of hydrogen-bond donors (Lipinski definition) is 2. The van der Waals surface area contributed by atoms with Crippen molar-refractivity contribution in [3.63, 3.8) is 0 Å². The fourth-order valence-corrected chi connectivity index (χ4v) is 0.341. The smallest absolute Gasteiger partial charge is 0.0780 e. The van der Waals surface area contributed by atoms with Crippen LogP contribution in [0.4, 0.5) is 0 Å². The van der Waals surface area contributed by atoms with Crippen molar-refractivity contribution in [2.75, 3.05) is 6.61 Å². The second kappa shape index (κ2) is 4.63. The van der Waals surface area contributed by atoms with E-state index < -0.39 is 6.10 Å². The van der Waals surface area contributed by atoms with Gasteiger partial charge in [0.2, 0.25) is 0 Å². The summed E-state index contributed by atoms with van der Waals surface area (Å²) in [7, 11) is 0. The highest BCUT2D eigenvalue weighted by Crippen LogP contribution is 1.92. The molecule has 0 rings (SSSR count). The first-order valence-corrected chi connectivity index (χ1v) is 2.53. The summed E-state index contributed by atoms with van der Waals surface area (Å²) in [5, 5.41) is 16.9. The summed E-state index contributed by atoms with van der Waals surface area (Å²) in [4.78, 5) is 0. The normalized spacial score (nSPS) is 12.6. The average molecular weight is 114 g/mol. The maximum atomic E-state index is 8.64. The SMILES string of the molecule is C#CCC[C@H](O)CO. The van der Waals surface area contributed by atoms with E-state index in [0.29, 0.717) is 12.8 Å². The number of rotatable bonds is 3. The summed E-state index contributed by atoms with van der Waals surface area (Å²) in [5.74, 6) is 2.36. The summed E-state index contributed by atoms with van der Waals surface area (Å²) in [6, 6.07) is 0. The van der Waals surface area contributed by atoms with E-state index in [4.69, 9.17) is 16.6 Å². The fourth-order valence-electron chi connectivity index (χ4n) is 0.341. The van der Waals surface area contributed by atoms with Crippen molar-refractivity contribution in [3.05, 3.63) is 0 Å². The van der Waals surface area contributed by atoms with Crippen molar-refractivity contribution in [1.82, 2.24) is 0 Å². The van der Waals surface area contributed by atoms with Crippen LogP contribution >= 0.6 is 0 Å². The molecule has 0 aromatic carbocycles. The van der Waals surface area contributed by atoms with E-state index in [-0.39, 0.29) is 6.61 Å². The van der Waals surface area contributed by atoms with E-state index in [2.05, 4.69) is 5.92 Å². The predicted octanol–water partition coefficient (Wildman–Crippen LogP) is -0.247. The largest absolute Gasteiger partial charge is 0.394 e. The molecule has 0 saturated carbocycles. The molecule has 2 heteroatoms. The van der Waals surface area contributed by atoms with Crippen molar-refractivity contribution in [1.29, 1.82) is 0 Å². The van der Waals surface area contributed by atoms with Crippen molar-refractivity contribution in [2.45, 2.75) is 18.9 Å². The zero-order valence-corrected chi connectivity index (χ0v) is 4.67. The van der Waals surface area contributed by atoms with Gasteiger partial charge < -0.3 is 10.2 Å². The third kappa shape index (κ3) is 3.66. The Labute approximate surface area is 49.2 Å². The number of aliphatic hydroxyl groups is 2. The summed E-state index contributed by atoms with van der Waals surface area (Å²) in [5.41, 5.74) is 0. The highest BCUT2D eigenvalue weighted by molar-refractivity contribution is 4.83. The van der Waals surface area contributed by atoms with Gasteiger partial charge in [0.05, 0.1) is 12.7 Å². The van der Waals surface area contributed by atoms with Crippen LogP contribution in [0.5, 0.6) is 0 Å². The van der Waals surface area contributed by atoms with E-state index in [1.54, 1.807) is 0 Å². The Kier molecular flexibility index (Phi) is 4.33. The molecule has 0 unspecified atom stereocenters. The van der Waals surface area contributed by atoms with Crippen LogP contribution < -0.4 is 0 Å². The lowest BCUT2D eigenvalue weighted by Crippen LogP contribution is -2.10. The molecule has 1 atom stereocenters. The number of aliphatic hydroxyl groups excluding tert-OH is 2. The van der Waals surface area contributed by atoms with Crippen LogP contribution in [0.3, 0.4) is 0 Å². The maximum absolute atomic E-state index is 8.64. The average Bonchev–Trinajstić information content (AvgIpc) is 1.83. The molecule has 0 amide bonds. The predicted molar refractivity (Wildman–Crippen MR) is 31.2 cm³/mol. The summed E-state index contributed by atoms with van der Waals surface area (Å²) in [6.45, 7) is -0.193. The minimum absolute atomic E-state index is 0.193. The first-order valence-electron chi connectivity index (χ1n) is 2.53. The van der Waals surface area contributed by atoms with Crippen molar-refractivity contribution in [3.8, 4) is 12.3 Å². The van der Waals surface area contributed by atoms with Crippen LogP contribution in [0.15, 0.2) is 0 Å². The summed E-state index contributed by atoms with van der Waals surface area (Å²) < 4.78 is 0. The zero-order chi connectivity index (χ0) is 6.41. The lowest BCUT2D eigenvalue weighted by atomic mass is 10.2. The molecule has 0 fully saturated rings. The second-order valence-electron chi connectivity index (χ2n) is 1.58. The van der Waals surface area contributed by atoms with Crippen LogP contribution in [-0.2, 0) is 0 Å². The van der Waals surface area contributed by atoms with Gasteiger partial charge in [0, 0.05) is 6.42 Å². The summed E-state index contributed by atoms with van der Waals surface area (Å²) >= 11 is 0. The molecule has 8 heavy (non-hydrogen) atoms. The van der Waals surface area contributed by atoms with E-state index >= 15 is 0 Å². The van der Waals surface area contributed by atoms with Crippen molar-refractivity contribution >= 4 is 0 Å². The third-order valence-corrected chi connectivity index (χ3v) is 0.833. The van der Waals surface area contributed by atoms with Crippen LogP contribution in [0.25, 0.3) is 0 Å². The van der Waals surface area contributed by atoms with Crippen LogP contribution in [0, 0.1) is 12.3 Å². The van der Waals surface area contributed by atoms with Crippen LogP contribution in [-0.4, -0.2) is 22.9 Å². The molecule has 0 radical (unpaired) electrons. The molecule has 0 aliphatic rings. The van der Waals surface area contributed by atoms with Gasteiger partial charge in [-0.2, -0.15) is 0 Å². The Morgan fingerprint density at radius 2 is 2.25 bits per heavy atom. The minimum atomic E-state index is -0.633. The second-order valence-corrected chi connectivity index (χ2v) is 1.58. The van der Waals surface area contributed by atoms with Gasteiger partial charge in [0.15, 0.2) is 0 Å². The van der Waals surface area contributed by atoms with E-state index in [1.165, 1.54) is 0 Å². The molecule has 0 aliphatic heterocycles. The lowest BCUT2D eigenvalue weighted by Gasteiger charge is -2.00. The molecular weight excluding hydrogens is 104 g/mol. The molecule has 0 aromatic rings. The maximum Gasteiger partial charge on any atom is 0.0780 e. The molecule has 46 valence electrons. The zero-order valence-electron chi connectivity index (χ0n) is 4.67. The van der Waals surface area contributed by atoms with Gasteiger partial charge in [-0.25, -0.2) is 0 Å². The first-order chi connectivity index (χ1) is 3.81. The highest BCUT2D eigenvalue weighted by atomic mass is 16.3. The van der Waals surface area contributed by atoms with Crippen molar-refractivity contribution < 1.29 is 10.2 Å². The van der Waals surface area contributed by atoms with Crippen molar-refractivity contribution in [2.24, 2.45) is 0 Å². The third-order valence-electron chi connectivity index (χ3n) is 0.833. The van der Waals surface area contributed by atoms with Gasteiger partial charge in [-0.1, -0.05) is 0 Å². The molecule has 0 bridgehead atoms. The Balaban J connectivity index is 3.01. The Morgan fingerprint density at radius 1 is 1.62 bits per heavy atom. The van der Waals surface area contributed by atoms with E-state index in [1.807, 2.05) is 0 Å². The summed E-state index contributed by atoms with van der Waals surface area (Å²) in [6.07, 6.45) is 5.28. The fraction of sp³-hybridized carbons (Fsp3) is 0.667. The van der Waals surface area contributed by atoms with Gasteiger partial charge in [-0.15, -0.1) is 12.3 Å².